The van der Waals surface area contributed by atoms with E-state index in [0.717, 1.165) is 0 Å². The van der Waals surface area contributed by atoms with E-state index in [-0.39, 0.29) is 21.1 Å². The summed E-state index contributed by atoms with van der Waals surface area (Å²) in [7, 11) is 0. The van der Waals surface area contributed by atoms with Crippen LogP contribution in [0.5, 0.6) is 0 Å². The van der Waals surface area contributed by atoms with Gasteiger partial charge in [-0.1, -0.05) is 0 Å². The van der Waals surface area contributed by atoms with Crippen LogP contribution in [-0.4, -0.2) is 59.6 Å². The summed E-state index contributed by atoms with van der Waals surface area (Å²) in [6.07, 6.45) is 0. The molecule has 4 rings (SSSR count). The normalized spacial score (nSPS) is 52.4. The number of rotatable bonds is 0. The van der Waals surface area contributed by atoms with Crippen molar-refractivity contribution in [3.63, 3.8) is 0 Å². The fraction of sp³-hybridized carbons (Fsp3) is 1.00. The largest absolute Gasteiger partial charge is 0.264 e. The summed E-state index contributed by atoms with van der Waals surface area (Å²) in [5.41, 5.74) is 0. The molecule has 0 unspecified atom stereocenters. The van der Waals surface area contributed by atoms with Crippen molar-refractivity contribution in [2.75, 3.05) is 40.0 Å². The summed E-state index contributed by atoms with van der Waals surface area (Å²) in [6, 6.07) is 0. The van der Waals surface area contributed by atoms with Crippen molar-refractivity contribution >= 4 is 0 Å². The molecule has 11 heavy (non-hydrogen) atoms. The van der Waals surface area contributed by atoms with Gasteiger partial charge in [-0.15, -0.1) is 0 Å². The molecule has 4 heterocycles. The molecule has 0 spiro atoms. The summed E-state index contributed by atoms with van der Waals surface area (Å²) < 4.78 is 0. The van der Waals surface area contributed by atoms with Gasteiger partial charge in [0.1, 0.15) is 0 Å². The number of hydrogen-bond donors (Lipinski definition) is 0. The molecular formula is C6H12MoN4. The Morgan fingerprint density at radius 2 is 0.636 bits per heavy atom. The molecule has 4 fully saturated rings. The predicted octanol–water partition coefficient (Wildman–Crippen LogP) is -1.02. The summed E-state index contributed by atoms with van der Waals surface area (Å²) in [4.78, 5) is 9.88. The Kier molecular flexibility index (Phi) is 2.06. The summed E-state index contributed by atoms with van der Waals surface area (Å²) in [5.74, 6) is 0. The smallest absolute Gasteiger partial charge is 0.0555 e. The van der Waals surface area contributed by atoms with E-state index in [4.69, 9.17) is 0 Å². The molecule has 0 amide bonds. The maximum atomic E-state index is 2.47. The zero-order valence-corrected chi connectivity index (χ0v) is 8.45. The maximum Gasteiger partial charge on any atom is 0.0555 e. The molecule has 4 aliphatic heterocycles. The molecule has 0 atom stereocenters. The van der Waals surface area contributed by atoms with Gasteiger partial charge >= 0.3 is 0 Å². The van der Waals surface area contributed by atoms with Gasteiger partial charge in [0.2, 0.25) is 0 Å². The van der Waals surface area contributed by atoms with Crippen LogP contribution in [0.15, 0.2) is 0 Å². The van der Waals surface area contributed by atoms with Gasteiger partial charge < -0.3 is 0 Å². The van der Waals surface area contributed by atoms with Crippen molar-refractivity contribution in [3.05, 3.63) is 0 Å². The van der Waals surface area contributed by atoms with E-state index >= 15 is 0 Å². The minimum Gasteiger partial charge on any atom is -0.264 e. The third-order valence-corrected chi connectivity index (χ3v) is 2.40. The molecule has 5 heteroatoms. The molecule has 0 aromatic heterocycles. The molecule has 0 aromatic rings. The van der Waals surface area contributed by atoms with Gasteiger partial charge in [-0.3, -0.25) is 19.6 Å². The van der Waals surface area contributed by atoms with Crippen LogP contribution >= 0.6 is 0 Å². The Morgan fingerprint density at radius 3 is 0.818 bits per heavy atom. The minimum absolute atomic E-state index is 0. The quantitative estimate of drug-likeness (QED) is 0.499. The molecule has 0 N–H and O–H groups in total. The standard InChI is InChI=1S/C6H12N4.Mo/c1-7-2-9-4-8(1)5-10(3-7)6-9;/h1-6H2;. The van der Waals surface area contributed by atoms with Gasteiger partial charge in [0.05, 0.1) is 40.0 Å². The second-order valence-electron chi connectivity index (χ2n) is 3.53. The molecule has 0 saturated carbocycles. The molecule has 62 valence electrons. The summed E-state index contributed by atoms with van der Waals surface area (Å²) in [5, 5.41) is 0. The van der Waals surface area contributed by atoms with Crippen molar-refractivity contribution in [1.82, 2.24) is 19.6 Å². The molecule has 4 aliphatic rings. The van der Waals surface area contributed by atoms with E-state index in [1.165, 1.54) is 40.0 Å². The molecule has 0 radical (unpaired) electrons. The van der Waals surface area contributed by atoms with E-state index in [9.17, 15) is 0 Å². The first-order valence-electron chi connectivity index (χ1n) is 3.79. The van der Waals surface area contributed by atoms with Crippen LogP contribution in [0.25, 0.3) is 0 Å². The molecule has 0 aromatic carbocycles. The Balaban J connectivity index is 0.000000480. The van der Waals surface area contributed by atoms with Crippen LogP contribution in [0.4, 0.5) is 0 Å². The van der Waals surface area contributed by atoms with Crippen LogP contribution < -0.4 is 0 Å². The van der Waals surface area contributed by atoms with E-state index in [2.05, 4.69) is 19.6 Å². The average molecular weight is 236 g/mol. The van der Waals surface area contributed by atoms with Gasteiger partial charge in [0, 0.05) is 21.1 Å². The van der Waals surface area contributed by atoms with E-state index in [1.807, 2.05) is 0 Å². The third kappa shape index (κ3) is 1.27. The maximum absolute atomic E-state index is 2.47. The molecular weight excluding hydrogens is 224 g/mol. The van der Waals surface area contributed by atoms with Gasteiger partial charge in [0.25, 0.3) is 0 Å². The van der Waals surface area contributed by atoms with Crippen molar-refractivity contribution in [2.45, 2.75) is 0 Å². The second kappa shape index (κ2) is 2.78. The Labute approximate surface area is 81.0 Å². The van der Waals surface area contributed by atoms with Crippen LogP contribution in [0.2, 0.25) is 0 Å². The molecule has 4 bridgehead atoms. The summed E-state index contributed by atoms with van der Waals surface area (Å²) >= 11 is 0. The Hall–Kier alpha value is 0.528. The van der Waals surface area contributed by atoms with Crippen molar-refractivity contribution in [2.24, 2.45) is 0 Å². The van der Waals surface area contributed by atoms with Crippen LogP contribution in [0.3, 0.4) is 0 Å². The summed E-state index contributed by atoms with van der Waals surface area (Å²) in [6.45, 7) is 7.12. The van der Waals surface area contributed by atoms with Gasteiger partial charge in [0.15, 0.2) is 0 Å². The predicted molar refractivity (Wildman–Crippen MR) is 36.6 cm³/mol. The van der Waals surface area contributed by atoms with E-state index in [0.29, 0.717) is 0 Å². The van der Waals surface area contributed by atoms with Gasteiger partial charge in [-0.25, -0.2) is 0 Å². The Bertz CT molecular complexity index is 106. The zero-order valence-electron chi connectivity index (χ0n) is 6.44. The third-order valence-electron chi connectivity index (χ3n) is 2.40. The molecule has 4 saturated heterocycles. The van der Waals surface area contributed by atoms with Gasteiger partial charge in [-0.05, 0) is 0 Å². The minimum atomic E-state index is 0. The van der Waals surface area contributed by atoms with Crippen LogP contribution in [0.1, 0.15) is 0 Å². The van der Waals surface area contributed by atoms with Crippen molar-refractivity contribution in [1.29, 1.82) is 0 Å². The zero-order chi connectivity index (χ0) is 6.55. The van der Waals surface area contributed by atoms with E-state index < -0.39 is 0 Å². The topological polar surface area (TPSA) is 13.0 Å². The number of nitrogens with zero attached hydrogens (tertiary/aromatic N) is 4. The fourth-order valence-electron chi connectivity index (χ4n) is 2.23. The van der Waals surface area contributed by atoms with Gasteiger partial charge in [-0.2, -0.15) is 0 Å². The Morgan fingerprint density at radius 1 is 0.455 bits per heavy atom. The monoisotopic (exact) mass is 238 g/mol. The first-order valence-corrected chi connectivity index (χ1v) is 3.79. The number of hydrogen-bond acceptors (Lipinski definition) is 4. The van der Waals surface area contributed by atoms with E-state index in [1.54, 1.807) is 0 Å². The first kappa shape index (κ1) is 8.14. The fourth-order valence-corrected chi connectivity index (χ4v) is 2.23. The molecule has 0 aliphatic carbocycles. The van der Waals surface area contributed by atoms with Crippen LogP contribution in [0, 0.1) is 0 Å². The van der Waals surface area contributed by atoms with Crippen molar-refractivity contribution in [3.8, 4) is 0 Å². The van der Waals surface area contributed by atoms with Crippen molar-refractivity contribution < 1.29 is 21.1 Å². The second-order valence-corrected chi connectivity index (χ2v) is 3.53. The molecule has 4 nitrogen and oxygen atoms in total. The SMILES string of the molecule is C1N2CN3CN1CN(C2)C3.[Mo]. The van der Waals surface area contributed by atoms with Crippen LogP contribution in [-0.2, 0) is 21.1 Å². The first-order chi connectivity index (χ1) is 4.90. The average Bonchev–Trinajstić information content (AvgIpc) is 1.82.